The molecule has 0 amide bonds. The van der Waals surface area contributed by atoms with Gasteiger partial charge in [-0.15, -0.1) is 11.3 Å². The van der Waals surface area contributed by atoms with E-state index >= 15 is 0 Å². The molecule has 1 fully saturated rings. The van der Waals surface area contributed by atoms with Gasteiger partial charge in [-0.05, 0) is 37.1 Å². The number of rotatable bonds is 5. The van der Waals surface area contributed by atoms with Crippen molar-refractivity contribution in [3.8, 4) is 0 Å². The van der Waals surface area contributed by atoms with E-state index in [1.54, 1.807) is 11.3 Å². The van der Waals surface area contributed by atoms with Gasteiger partial charge in [0.05, 0.1) is 11.7 Å². The number of aliphatic hydroxyl groups is 1. The molecular formula is C14H22O2S. The van der Waals surface area contributed by atoms with Crippen LogP contribution in [0, 0.1) is 0 Å². The fourth-order valence-corrected chi connectivity index (χ4v) is 3.25. The molecule has 0 spiro atoms. The molecule has 2 unspecified atom stereocenters. The number of hydrogen-bond donors (Lipinski definition) is 1. The maximum Gasteiger partial charge on any atom is 0.0697 e. The third-order valence-electron chi connectivity index (χ3n) is 3.56. The molecule has 96 valence electrons. The van der Waals surface area contributed by atoms with Crippen LogP contribution in [0.15, 0.2) is 17.5 Å². The van der Waals surface area contributed by atoms with E-state index in [-0.39, 0.29) is 6.10 Å². The summed E-state index contributed by atoms with van der Waals surface area (Å²) in [5.41, 5.74) is -0.498. The summed E-state index contributed by atoms with van der Waals surface area (Å²) in [5.74, 6) is 0. The monoisotopic (exact) mass is 254 g/mol. The van der Waals surface area contributed by atoms with Gasteiger partial charge in [0.2, 0.25) is 0 Å². The van der Waals surface area contributed by atoms with Crippen molar-refractivity contribution in [2.24, 2.45) is 0 Å². The maximum absolute atomic E-state index is 10.6. The molecule has 17 heavy (non-hydrogen) atoms. The Hall–Kier alpha value is -0.380. The van der Waals surface area contributed by atoms with Crippen molar-refractivity contribution in [2.45, 2.75) is 57.2 Å². The van der Waals surface area contributed by atoms with E-state index in [0.717, 1.165) is 38.5 Å². The molecule has 0 saturated carbocycles. The van der Waals surface area contributed by atoms with Gasteiger partial charge >= 0.3 is 0 Å². The summed E-state index contributed by atoms with van der Waals surface area (Å²) in [6, 6.07) is 4.23. The number of thiophene rings is 1. The highest BCUT2D eigenvalue weighted by molar-refractivity contribution is 7.09. The quantitative estimate of drug-likeness (QED) is 0.872. The SMILES string of the molecule is CCCC1CC(O)(CCc2cccs2)CCO1. The molecule has 1 aliphatic heterocycles. The van der Waals surface area contributed by atoms with E-state index in [0.29, 0.717) is 6.61 Å². The lowest BCUT2D eigenvalue weighted by atomic mass is 9.85. The Morgan fingerprint density at radius 3 is 3.18 bits per heavy atom. The minimum atomic E-state index is -0.498. The largest absolute Gasteiger partial charge is 0.390 e. The van der Waals surface area contributed by atoms with Gasteiger partial charge in [-0.25, -0.2) is 0 Å². The van der Waals surface area contributed by atoms with Crippen LogP contribution in [0.5, 0.6) is 0 Å². The zero-order valence-corrected chi connectivity index (χ0v) is 11.3. The standard InChI is InChI=1S/C14H22O2S/c1-2-4-12-11-14(15,8-9-16-12)7-6-13-5-3-10-17-13/h3,5,10,12,15H,2,4,6-9,11H2,1H3. The summed E-state index contributed by atoms with van der Waals surface area (Å²) in [4.78, 5) is 1.37. The van der Waals surface area contributed by atoms with Gasteiger partial charge in [-0.3, -0.25) is 0 Å². The van der Waals surface area contributed by atoms with Crippen LogP contribution < -0.4 is 0 Å². The molecule has 2 nitrogen and oxygen atoms in total. The van der Waals surface area contributed by atoms with Gasteiger partial charge in [0.1, 0.15) is 0 Å². The second-order valence-electron chi connectivity index (χ2n) is 5.04. The van der Waals surface area contributed by atoms with Gasteiger partial charge in [0.25, 0.3) is 0 Å². The average Bonchev–Trinajstić information content (AvgIpc) is 2.80. The van der Waals surface area contributed by atoms with E-state index in [9.17, 15) is 5.11 Å². The Morgan fingerprint density at radius 2 is 2.47 bits per heavy atom. The fraction of sp³-hybridized carbons (Fsp3) is 0.714. The topological polar surface area (TPSA) is 29.5 Å². The lowest BCUT2D eigenvalue weighted by Gasteiger charge is -2.37. The summed E-state index contributed by atoms with van der Waals surface area (Å²) in [5, 5.41) is 12.7. The maximum atomic E-state index is 10.6. The zero-order chi connectivity index (χ0) is 12.1. The highest BCUT2D eigenvalue weighted by atomic mass is 32.1. The molecule has 1 aliphatic rings. The van der Waals surface area contributed by atoms with Crippen molar-refractivity contribution in [1.82, 2.24) is 0 Å². The Morgan fingerprint density at radius 1 is 1.59 bits per heavy atom. The number of ether oxygens (including phenoxy) is 1. The van der Waals surface area contributed by atoms with Gasteiger partial charge < -0.3 is 9.84 Å². The molecule has 2 heterocycles. The smallest absolute Gasteiger partial charge is 0.0697 e. The molecule has 1 saturated heterocycles. The minimum Gasteiger partial charge on any atom is -0.390 e. The fourth-order valence-electron chi connectivity index (χ4n) is 2.55. The van der Waals surface area contributed by atoms with Crippen LogP contribution in [0.1, 0.15) is 43.9 Å². The summed E-state index contributed by atoms with van der Waals surface area (Å²) in [7, 11) is 0. The van der Waals surface area contributed by atoms with Crippen molar-refractivity contribution in [2.75, 3.05) is 6.61 Å². The molecule has 0 aromatic carbocycles. The van der Waals surface area contributed by atoms with E-state index in [2.05, 4.69) is 24.4 Å². The second kappa shape index (κ2) is 5.98. The molecule has 2 rings (SSSR count). The van der Waals surface area contributed by atoms with E-state index in [1.165, 1.54) is 4.88 Å². The van der Waals surface area contributed by atoms with Gasteiger partial charge in [0, 0.05) is 17.9 Å². The molecule has 1 N–H and O–H groups in total. The lowest BCUT2D eigenvalue weighted by molar-refractivity contribution is -0.108. The zero-order valence-electron chi connectivity index (χ0n) is 10.5. The second-order valence-corrected chi connectivity index (χ2v) is 6.07. The molecule has 3 heteroatoms. The third kappa shape index (κ3) is 3.80. The van der Waals surface area contributed by atoms with Crippen LogP contribution >= 0.6 is 11.3 Å². The van der Waals surface area contributed by atoms with Crippen molar-refractivity contribution in [1.29, 1.82) is 0 Å². The third-order valence-corrected chi connectivity index (χ3v) is 4.49. The van der Waals surface area contributed by atoms with Gasteiger partial charge in [-0.1, -0.05) is 19.4 Å². The Kier molecular flexibility index (Phi) is 4.60. The molecule has 1 aromatic heterocycles. The normalized spacial score (nSPS) is 29.4. The molecule has 0 radical (unpaired) electrons. The highest BCUT2D eigenvalue weighted by Crippen LogP contribution is 2.31. The van der Waals surface area contributed by atoms with Crippen molar-refractivity contribution in [3.63, 3.8) is 0 Å². The van der Waals surface area contributed by atoms with Crippen LogP contribution in [0.25, 0.3) is 0 Å². The van der Waals surface area contributed by atoms with Crippen LogP contribution in [-0.4, -0.2) is 23.4 Å². The Labute approximate surface area is 108 Å². The number of aryl methyl sites for hydroxylation is 1. The van der Waals surface area contributed by atoms with Crippen molar-refractivity contribution < 1.29 is 9.84 Å². The van der Waals surface area contributed by atoms with Crippen LogP contribution in [0.2, 0.25) is 0 Å². The molecule has 0 aliphatic carbocycles. The summed E-state index contributed by atoms with van der Waals surface area (Å²) >= 11 is 1.78. The van der Waals surface area contributed by atoms with Gasteiger partial charge in [0.15, 0.2) is 0 Å². The average molecular weight is 254 g/mol. The summed E-state index contributed by atoms with van der Waals surface area (Å²) in [6.45, 7) is 2.88. The first-order chi connectivity index (χ1) is 8.22. The first-order valence-corrected chi connectivity index (χ1v) is 7.46. The minimum absolute atomic E-state index is 0.266. The first kappa shape index (κ1) is 13.1. The Bertz CT molecular complexity index is 321. The van der Waals surface area contributed by atoms with E-state index in [1.807, 2.05) is 0 Å². The number of hydrogen-bond acceptors (Lipinski definition) is 3. The van der Waals surface area contributed by atoms with Crippen LogP contribution in [0.4, 0.5) is 0 Å². The van der Waals surface area contributed by atoms with Crippen LogP contribution in [0.3, 0.4) is 0 Å². The van der Waals surface area contributed by atoms with E-state index < -0.39 is 5.60 Å². The molecular weight excluding hydrogens is 232 g/mol. The lowest BCUT2D eigenvalue weighted by Crippen LogP contribution is -2.41. The predicted molar refractivity (Wildman–Crippen MR) is 71.5 cm³/mol. The molecule has 0 bridgehead atoms. The van der Waals surface area contributed by atoms with E-state index in [4.69, 9.17) is 4.74 Å². The Balaban J connectivity index is 1.85. The molecule has 2 atom stereocenters. The highest BCUT2D eigenvalue weighted by Gasteiger charge is 2.34. The van der Waals surface area contributed by atoms with Crippen molar-refractivity contribution in [3.05, 3.63) is 22.4 Å². The summed E-state index contributed by atoms with van der Waals surface area (Å²) < 4.78 is 5.69. The van der Waals surface area contributed by atoms with Gasteiger partial charge in [-0.2, -0.15) is 0 Å². The van der Waals surface area contributed by atoms with Crippen LogP contribution in [-0.2, 0) is 11.2 Å². The van der Waals surface area contributed by atoms with Crippen molar-refractivity contribution >= 4 is 11.3 Å². The summed E-state index contributed by atoms with van der Waals surface area (Å²) in [6.07, 6.45) is 5.93. The predicted octanol–water partition coefficient (Wildman–Crippen LogP) is 3.39. The molecule has 1 aromatic rings. The first-order valence-electron chi connectivity index (χ1n) is 6.58.